The van der Waals surface area contributed by atoms with Crippen LogP contribution < -0.4 is 14.5 Å². The van der Waals surface area contributed by atoms with Crippen LogP contribution in [0.25, 0.3) is 27.6 Å². The Bertz CT molecular complexity index is 1870. The maximum Gasteiger partial charge on any atom is 0.493 e. The molecule has 1 N–H and O–H groups in total. The molecule has 0 spiro atoms. The topological polar surface area (TPSA) is 124 Å². The van der Waals surface area contributed by atoms with Gasteiger partial charge < -0.3 is 14.9 Å². The van der Waals surface area contributed by atoms with Gasteiger partial charge in [0.15, 0.2) is 5.69 Å². The van der Waals surface area contributed by atoms with Crippen LogP contribution in [0.4, 0.5) is 27.6 Å². The number of carbonyl (C=O) groups is 1. The van der Waals surface area contributed by atoms with E-state index in [0.717, 1.165) is 25.3 Å². The third-order valence-electron chi connectivity index (χ3n) is 6.35. The van der Waals surface area contributed by atoms with Crippen molar-refractivity contribution in [3.05, 3.63) is 78.4 Å². The molecule has 5 rings (SSSR count). The first kappa shape index (κ1) is 29.8. The molecule has 1 aliphatic heterocycles. The van der Waals surface area contributed by atoms with Gasteiger partial charge in [0.2, 0.25) is 5.88 Å². The minimum atomic E-state index is -5.65. The molecule has 10 nitrogen and oxygen atoms in total. The molecule has 0 saturated carbocycles. The van der Waals surface area contributed by atoms with Crippen LogP contribution in [0.2, 0.25) is 0 Å². The molecule has 224 valence electrons. The normalized spacial score (nSPS) is 13.9. The summed E-state index contributed by atoms with van der Waals surface area (Å²) < 4.78 is 99.3. The van der Waals surface area contributed by atoms with Crippen molar-refractivity contribution in [3.63, 3.8) is 0 Å². The fourth-order valence-corrected chi connectivity index (χ4v) is 5.62. The van der Waals surface area contributed by atoms with E-state index in [1.54, 1.807) is 18.2 Å². The molecule has 0 bridgehead atoms. The van der Waals surface area contributed by atoms with Crippen LogP contribution in [0.1, 0.15) is 12.1 Å². The van der Waals surface area contributed by atoms with E-state index < -0.39 is 54.7 Å². The summed E-state index contributed by atoms with van der Waals surface area (Å²) in [5, 5.41) is 3.84. The van der Waals surface area contributed by atoms with Gasteiger partial charge in [-0.3, -0.25) is 0 Å². The van der Waals surface area contributed by atoms with Crippen molar-refractivity contribution in [3.8, 4) is 17.0 Å². The summed E-state index contributed by atoms with van der Waals surface area (Å²) in [5.74, 6) is -6.33. The zero-order valence-corrected chi connectivity index (χ0v) is 22.8. The standard InChI is InChI=1S/C27H20F5N5O5S/c1-41-25-22(37(42-26(38)27(30,31)32)43(39,40)23-5-3-18(28)12-20(23)29)11-17(13-34-25)16-2-4-21-19(10-16)24(36-14-35-21)15-6-8-33-9-7-15/h2-6,10-14,33H,7-9H2,1H3. The number of rotatable bonds is 7. The highest BCUT2D eigenvalue weighted by molar-refractivity contribution is 7.92. The van der Waals surface area contributed by atoms with E-state index in [1.807, 2.05) is 6.08 Å². The number of hydrogen-bond donors (Lipinski definition) is 1. The number of alkyl halides is 3. The van der Waals surface area contributed by atoms with Crippen molar-refractivity contribution in [1.82, 2.24) is 20.3 Å². The van der Waals surface area contributed by atoms with Gasteiger partial charge in [-0.1, -0.05) is 16.6 Å². The molecule has 16 heteroatoms. The number of hydrogen-bond acceptors (Lipinski definition) is 9. The molecule has 0 atom stereocenters. The third kappa shape index (κ3) is 5.96. The number of ether oxygens (including phenoxy) is 1. The Morgan fingerprint density at radius 2 is 1.81 bits per heavy atom. The van der Waals surface area contributed by atoms with Gasteiger partial charge in [0.05, 0.1) is 18.3 Å². The number of aromatic nitrogens is 3. The summed E-state index contributed by atoms with van der Waals surface area (Å²) in [6, 6.07) is 7.21. The van der Waals surface area contributed by atoms with Crippen molar-refractivity contribution >= 4 is 38.2 Å². The van der Waals surface area contributed by atoms with Crippen LogP contribution in [-0.2, 0) is 19.7 Å². The minimum absolute atomic E-state index is 0.148. The first-order valence-corrected chi connectivity index (χ1v) is 13.8. The Hall–Kier alpha value is -4.70. The highest BCUT2D eigenvalue weighted by atomic mass is 32.2. The number of pyridine rings is 1. The highest BCUT2D eigenvalue weighted by Gasteiger charge is 2.46. The lowest BCUT2D eigenvalue weighted by molar-refractivity contribution is -0.199. The number of carbonyl (C=O) groups excluding carboxylic acids is 1. The number of anilines is 1. The van der Waals surface area contributed by atoms with Crippen molar-refractivity contribution < 1.29 is 44.7 Å². The Labute approximate surface area is 240 Å². The van der Waals surface area contributed by atoms with E-state index in [1.165, 1.54) is 12.5 Å². The Kier molecular flexibility index (Phi) is 7.98. The number of nitrogens with one attached hydrogen (secondary N) is 1. The second kappa shape index (κ2) is 11.5. The predicted molar refractivity (Wildman–Crippen MR) is 143 cm³/mol. The molecule has 0 amide bonds. The Balaban J connectivity index is 1.68. The van der Waals surface area contributed by atoms with Gasteiger partial charge in [0.1, 0.15) is 22.9 Å². The first-order valence-electron chi connectivity index (χ1n) is 12.4. The average Bonchev–Trinajstić information content (AvgIpc) is 2.98. The minimum Gasteiger partial charge on any atom is -0.479 e. The van der Waals surface area contributed by atoms with Gasteiger partial charge in [-0.25, -0.2) is 28.5 Å². The van der Waals surface area contributed by atoms with Crippen LogP contribution in [0.3, 0.4) is 0 Å². The third-order valence-corrected chi connectivity index (χ3v) is 7.94. The zero-order valence-electron chi connectivity index (χ0n) is 22.0. The van der Waals surface area contributed by atoms with E-state index in [-0.39, 0.29) is 11.6 Å². The van der Waals surface area contributed by atoms with E-state index in [0.29, 0.717) is 47.3 Å². The maximum atomic E-state index is 14.6. The van der Waals surface area contributed by atoms with Crippen LogP contribution >= 0.6 is 0 Å². The SMILES string of the molecule is COc1ncc(-c2ccc3ncnc(C4=CCNCC4)c3c2)cc1N(OC(=O)C(F)(F)F)S(=O)(=O)c1ccc(F)cc1F. The average molecular weight is 622 g/mol. The number of methoxy groups -OCH3 is 1. The number of sulfonamides is 1. The predicted octanol–water partition coefficient (Wildman–Crippen LogP) is 4.57. The van der Waals surface area contributed by atoms with Crippen LogP contribution in [0, 0.1) is 11.6 Å². The molecular weight excluding hydrogens is 601 g/mol. The van der Waals surface area contributed by atoms with Crippen LogP contribution in [0.15, 0.2) is 66.0 Å². The highest BCUT2D eigenvalue weighted by Crippen LogP contribution is 2.37. The van der Waals surface area contributed by atoms with E-state index in [2.05, 4.69) is 25.1 Å². The van der Waals surface area contributed by atoms with Crippen LogP contribution in [-0.4, -0.2) is 55.7 Å². The summed E-state index contributed by atoms with van der Waals surface area (Å²) in [6.45, 7) is 1.38. The molecule has 0 radical (unpaired) electrons. The quantitative estimate of drug-likeness (QED) is 0.234. The molecule has 0 aliphatic carbocycles. The van der Waals surface area contributed by atoms with Crippen molar-refractivity contribution in [2.75, 3.05) is 24.7 Å². The van der Waals surface area contributed by atoms with Crippen LogP contribution in [0.5, 0.6) is 5.88 Å². The lowest BCUT2D eigenvalue weighted by Gasteiger charge is -2.24. The molecule has 3 heterocycles. The van der Waals surface area contributed by atoms with Gasteiger partial charge in [0.25, 0.3) is 10.0 Å². The van der Waals surface area contributed by atoms with Gasteiger partial charge in [0, 0.05) is 29.8 Å². The molecule has 0 unspecified atom stereocenters. The second-order valence-corrected chi connectivity index (χ2v) is 10.8. The number of halogens is 5. The molecule has 1 aliphatic rings. The maximum absolute atomic E-state index is 14.6. The molecule has 4 aromatic rings. The van der Waals surface area contributed by atoms with Gasteiger partial charge >= 0.3 is 12.1 Å². The van der Waals surface area contributed by atoms with Crippen molar-refractivity contribution in [2.45, 2.75) is 17.5 Å². The molecule has 0 saturated heterocycles. The van der Waals surface area contributed by atoms with E-state index in [9.17, 15) is 35.2 Å². The Morgan fingerprint density at radius 1 is 1.02 bits per heavy atom. The summed E-state index contributed by atoms with van der Waals surface area (Å²) in [6.07, 6.45) is -0.310. The molecule has 2 aromatic heterocycles. The molecular formula is C27H20F5N5O5S. The number of nitrogens with zero attached hydrogens (tertiary/aromatic N) is 4. The zero-order chi connectivity index (χ0) is 30.9. The number of fused-ring (bicyclic) bond motifs is 1. The second-order valence-electron chi connectivity index (χ2n) is 9.07. The fourth-order valence-electron chi connectivity index (χ4n) is 4.34. The van der Waals surface area contributed by atoms with Gasteiger partial charge in [-0.2, -0.15) is 21.6 Å². The molecule has 2 aromatic carbocycles. The Morgan fingerprint density at radius 3 is 2.49 bits per heavy atom. The monoisotopic (exact) mass is 621 g/mol. The molecule has 0 fully saturated rings. The van der Waals surface area contributed by atoms with Crippen molar-refractivity contribution in [1.29, 1.82) is 0 Å². The van der Waals surface area contributed by atoms with Gasteiger partial charge in [-0.15, -0.1) is 0 Å². The van der Waals surface area contributed by atoms with Gasteiger partial charge in [-0.05, 0) is 54.4 Å². The molecule has 43 heavy (non-hydrogen) atoms. The largest absolute Gasteiger partial charge is 0.493 e. The summed E-state index contributed by atoms with van der Waals surface area (Å²) >= 11 is 0. The smallest absolute Gasteiger partial charge is 0.479 e. The number of benzene rings is 2. The summed E-state index contributed by atoms with van der Waals surface area (Å²) in [7, 11) is -4.41. The van der Waals surface area contributed by atoms with E-state index in [4.69, 9.17) is 4.74 Å². The lowest BCUT2D eigenvalue weighted by Crippen LogP contribution is -2.39. The van der Waals surface area contributed by atoms with Crippen molar-refractivity contribution in [2.24, 2.45) is 0 Å². The lowest BCUT2D eigenvalue weighted by atomic mass is 9.98. The first-order chi connectivity index (χ1) is 20.4. The summed E-state index contributed by atoms with van der Waals surface area (Å²) in [4.78, 5) is 27.5. The summed E-state index contributed by atoms with van der Waals surface area (Å²) in [5.41, 5.74) is 1.97. The van der Waals surface area contributed by atoms with E-state index >= 15 is 0 Å². The fraction of sp³-hybridized carbons (Fsp3) is 0.185.